The number of guanidine groups is 2. The van der Waals surface area contributed by atoms with Gasteiger partial charge in [0.25, 0.3) is 0 Å². The van der Waals surface area contributed by atoms with E-state index in [1.165, 1.54) is 0 Å². The van der Waals surface area contributed by atoms with Crippen molar-refractivity contribution in [2.75, 3.05) is 39.3 Å². The number of ether oxygens (including phenoxy) is 2. The van der Waals surface area contributed by atoms with Gasteiger partial charge in [0.05, 0.1) is 0 Å². The van der Waals surface area contributed by atoms with Crippen LogP contribution in [0.5, 0.6) is 0 Å². The molecule has 0 saturated heterocycles. The smallest absolute Gasteiger partial charge is 0.414 e. The zero-order chi connectivity index (χ0) is 40.2. The van der Waals surface area contributed by atoms with Crippen molar-refractivity contribution in [2.45, 2.75) is 182 Å². The van der Waals surface area contributed by atoms with E-state index < -0.39 is 23.4 Å². The van der Waals surface area contributed by atoms with Crippen LogP contribution in [0.25, 0.3) is 0 Å². The normalized spacial score (nSPS) is 17.7. The van der Waals surface area contributed by atoms with Crippen LogP contribution in [0.15, 0.2) is 9.98 Å². The summed E-state index contributed by atoms with van der Waals surface area (Å²) in [7, 11) is 0. The first-order valence-electron chi connectivity index (χ1n) is 20.8. The number of unbranched alkanes of at least 4 members (excludes halogenated alkanes) is 4. The Kier molecular flexibility index (Phi) is 25.0. The van der Waals surface area contributed by atoms with Crippen molar-refractivity contribution in [2.24, 2.45) is 9.98 Å². The SMILES string of the molecule is CCCCCN1CCCCCCCCN=C(NC(=O)OC(C)(C)C)NC(=O)N(CCCCC)CCCCCCCCN=C(NC(=O)OC(C)(C)C)NC1=O. The molecule has 0 spiro atoms. The molecule has 0 aromatic carbocycles. The molecule has 0 unspecified atom stereocenters. The number of carbonyl (C=O) groups excluding carboxylic acids is 4. The van der Waals surface area contributed by atoms with Crippen molar-refractivity contribution in [1.82, 2.24) is 31.1 Å². The Balaban J connectivity index is 3.09. The third kappa shape index (κ3) is 26.2. The van der Waals surface area contributed by atoms with Crippen molar-refractivity contribution < 1.29 is 28.7 Å². The molecule has 0 fully saturated rings. The molecule has 312 valence electrons. The van der Waals surface area contributed by atoms with Gasteiger partial charge in [0.15, 0.2) is 0 Å². The Morgan fingerprint density at radius 3 is 1.24 bits per heavy atom. The lowest BCUT2D eigenvalue weighted by Gasteiger charge is -2.25. The minimum Gasteiger partial charge on any atom is -0.444 e. The molecule has 0 aromatic heterocycles. The summed E-state index contributed by atoms with van der Waals surface area (Å²) in [4.78, 5) is 65.0. The molecule has 4 N–H and O–H groups in total. The molecule has 1 rings (SSSR count). The second-order valence-corrected chi connectivity index (χ2v) is 16.2. The number of amides is 6. The summed E-state index contributed by atoms with van der Waals surface area (Å²) in [6, 6.07) is -0.543. The van der Waals surface area contributed by atoms with Gasteiger partial charge in [-0.05, 0) is 80.1 Å². The molecule has 0 aliphatic carbocycles. The Hall–Kier alpha value is -3.58. The van der Waals surface area contributed by atoms with Gasteiger partial charge in [-0.2, -0.15) is 0 Å². The van der Waals surface area contributed by atoms with Crippen molar-refractivity contribution in [3.05, 3.63) is 0 Å². The zero-order valence-electron chi connectivity index (χ0n) is 35.2. The van der Waals surface area contributed by atoms with Crippen molar-refractivity contribution in [3.63, 3.8) is 0 Å². The number of rotatable bonds is 8. The van der Waals surface area contributed by atoms with Gasteiger partial charge in [-0.25, -0.2) is 19.2 Å². The van der Waals surface area contributed by atoms with E-state index in [4.69, 9.17) is 9.47 Å². The molecule has 0 bridgehead atoms. The summed E-state index contributed by atoms with van der Waals surface area (Å²) in [5.41, 5.74) is -1.37. The maximum atomic E-state index is 13.5. The predicted molar refractivity (Wildman–Crippen MR) is 218 cm³/mol. The lowest BCUT2D eigenvalue weighted by molar-refractivity contribution is 0.0549. The fourth-order valence-electron chi connectivity index (χ4n) is 5.74. The van der Waals surface area contributed by atoms with Crippen LogP contribution in [0, 0.1) is 0 Å². The summed E-state index contributed by atoms with van der Waals surface area (Å²) in [5, 5.41) is 11.1. The van der Waals surface area contributed by atoms with Crippen molar-refractivity contribution >= 4 is 36.2 Å². The number of nitrogens with zero attached hydrogens (tertiary/aromatic N) is 4. The molecule has 6 amide bonds. The van der Waals surface area contributed by atoms with E-state index in [0.717, 1.165) is 116 Å². The van der Waals surface area contributed by atoms with E-state index in [0.29, 0.717) is 39.3 Å². The van der Waals surface area contributed by atoms with E-state index >= 15 is 0 Å². The van der Waals surface area contributed by atoms with Crippen LogP contribution in [-0.4, -0.2) is 96.4 Å². The summed E-state index contributed by atoms with van der Waals surface area (Å²) in [6.07, 6.45) is 15.8. The Labute approximate surface area is 326 Å². The molecule has 1 aliphatic rings. The highest BCUT2D eigenvalue weighted by atomic mass is 16.6. The van der Waals surface area contributed by atoms with Gasteiger partial charge in [0, 0.05) is 39.3 Å². The minimum absolute atomic E-state index is 0.115. The fourth-order valence-corrected chi connectivity index (χ4v) is 5.74. The molecule has 0 aromatic rings. The number of alkyl carbamates (subject to hydrolysis) is 2. The first kappa shape index (κ1) is 48.4. The van der Waals surface area contributed by atoms with E-state index in [-0.39, 0.29) is 24.0 Å². The highest BCUT2D eigenvalue weighted by molar-refractivity contribution is 6.03. The van der Waals surface area contributed by atoms with Crippen LogP contribution in [0.4, 0.5) is 19.2 Å². The second kappa shape index (κ2) is 27.9. The number of hydrogen-bond acceptors (Lipinski definition) is 8. The van der Waals surface area contributed by atoms with Crippen LogP contribution < -0.4 is 21.3 Å². The first-order valence-corrected chi connectivity index (χ1v) is 20.8. The molecule has 0 saturated carbocycles. The molecule has 54 heavy (non-hydrogen) atoms. The maximum Gasteiger partial charge on any atom is 0.414 e. The largest absolute Gasteiger partial charge is 0.444 e. The van der Waals surface area contributed by atoms with Crippen LogP contribution in [-0.2, 0) is 9.47 Å². The average Bonchev–Trinajstić information content (AvgIpc) is 3.06. The van der Waals surface area contributed by atoms with Gasteiger partial charge in [0.1, 0.15) is 11.2 Å². The van der Waals surface area contributed by atoms with Gasteiger partial charge >= 0.3 is 24.2 Å². The molecular weight excluding hydrogens is 688 g/mol. The lowest BCUT2D eigenvalue weighted by Crippen LogP contribution is -2.50. The topological polar surface area (TPSA) is 166 Å². The minimum atomic E-state index is -0.687. The second-order valence-electron chi connectivity index (χ2n) is 16.2. The van der Waals surface area contributed by atoms with Crippen LogP contribution in [0.3, 0.4) is 0 Å². The van der Waals surface area contributed by atoms with Gasteiger partial charge in [-0.1, -0.05) is 90.9 Å². The molecular formula is C40H76N8O6. The first-order chi connectivity index (χ1) is 25.6. The van der Waals surface area contributed by atoms with Gasteiger partial charge in [0.2, 0.25) is 11.9 Å². The van der Waals surface area contributed by atoms with Crippen LogP contribution in [0.1, 0.15) is 171 Å². The molecule has 14 heteroatoms. The quantitative estimate of drug-likeness (QED) is 0.180. The van der Waals surface area contributed by atoms with E-state index in [1.54, 1.807) is 41.5 Å². The van der Waals surface area contributed by atoms with Crippen LogP contribution >= 0.6 is 0 Å². The summed E-state index contributed by atoms with van der Waals surface area (Å²) >= 11 is 0. The van der Waals surface area contributed by atoms with Gasteiger partial charge in [-0.3, -0.25) is 31.3 Å². The number of hydrogen-bond donors (Lipinski definition) is 4. The Bertz CT molecular complexity index is 1060. The Morgan fingerprint density at radius 2 is 0.907 bits per heavy atom. The van der Waals surface area contributed by atoms with Gasteiger partial charge in [-0.15, -0.1) is 0 Å². The van der Waals surface area contributed by atoms with Crippen molar-refractivity contribution in [1.29, 1.82) is 0 Å². The molecule has 1 aliphatic heterocycles. The van der Waals surface area contributed by atoms with Gasteiger partial charge < -0.3 is 19.3 Å². The predicted octanol–water partition coefficient (Wildman–Crippen LogP) is 8.85. The van der Waals surface area contributed by atoms with E-state index in [9.17, 15) is 19.2 Å². The van der Waals surface area contributed by atoms with Crippen LogP contribution in [0.2, 0.25) is 0 Å². The monoisotopic (exact) mass is 765 g/mol. The average molecular weight is 765 g/mol. The summed E-state index contributed by atoms with van der Waals surface area (Å²) < 4.78 is 10.9. The standard InChI is InChI=1S/C40H76N8O6/c1-9-11-23-29-47-31-25-19-15-13-17-22-28-42-34(46-38(52)54-40(6,7)8)44-36(50)48(30-24-12-10-2)32-26-20-16-14-18-21-27-41-33(43-35(47)49)45-37(51)53-39(3,4)5/h9-32H2,1-8H3,(H2,41,43,45,49,51)(H2,42,44,46,50,52). The molecule has 0 atom stereocenters. The molecule has 0 radical (unpaired) electrons. The number of urea groups is 2. The zero-order valence-corrected chi connectivity index (χ0v) is 35.2. The maximum absolute atomic E-state index is 13.5. The number of aliphatic imine (C=N–C) groups is 2. The van der Waals surface area contributed by atoms with Crippen molar-refractivity contribution in [3.8, 4) is 0 Å². The lowest BCUT2D eigenvalue weighted by atomic mass is 10.1. The highest BCUT2D eigenvalue weighted by Crippen LogP contribution is 2.12. The summed E-state index contributed by atoms with van der Waals surface area (Å²) in [6.45, 7) is 18.4. The van der Waals surface area contributed by atoms with E-state index in [2.05, 4.69) is 45.1 Å². The summed E-state index contributed by atoms with van der Waals surface area (Å²) in [5.74, 6) is 0.231. The third-order valence-corrected chi connectivity index (χ3v) is 8.54. The Morgan fingerprint density at radius 1 is 0.574 bits per heavy atom. The fraction of sp³-hybridized carbons (Fsp3) is 0.850. The van der Waals surface area contributed by atoms with E-state index in [1.807, 2.05) is 9.80 Å². The molecule has 14 nitrogen and oxygen atoms in total. The number of carbonyl (C=O) groups is 4. The highest BCUT2D eigenvalue weighted by Gasteiger charge is 2.22. The number of nitrogens with one attached hydrogen (secondary N) is 4. The molecule has 1 heterocycles. The third-order valence-electron chi connectivity index (χ3n) is 8.54.